The second-order valence-corrected chi connectivity index (χ2v) is 8.22. The van der Waals surface area contributed by atoms with Crippen LogP contribution >= 0.6 is 11.8 Å². The summed E-state index contributed by atoms with van der Waals surface area (Å²) in [5.41, 5.74) is 4.18. The van der Waals surface area contributed by atoms with Gasteiger partial charge < -0.3 is 10.2 Å². The first-order valence-electron chi connectivity index (χ1n) is 9.83. The third-order valence-electron chi connectivity index (χ3n) is 4.80. The van der Waals surface area contributed by atoms with Crippen LogP contribution in [0.3, 0.4) is 0 Å². The first kappa shape index (κ1) is 21.0. The molecule has 1 N–H and O–H groups in total. The lowest BCUT2D eigenvalue weighted by Crippen LogP contribution is -2.33. The molecule has 0 aliphatic carbocycles. The van der Waals surface area contributed by atoms with Crippen molar-refractivity contribution in [2.75, 3.05) is 31.0 Å². The molecule has 0 unspecified atom stereocenters. The van der Waals surface area contributed by atoms with Gasteiger partial charge in [-0.05, 0) is 66.1 Å². The quantitative estimate of drug-likeness (QED) is 0.607. The zero-order valence-corrected chi connectivity index (χ0v) is 18.0. The van der Waals surface area contributed by atoms with Crippen molar-refractivity contribution in [2.45, 2.75) is 26.2 Å². The van der Waals surface area contributed by atoms with Gasteiger partial charge in [-0.15, -0.1) is 0 Å². The van der Waals surface area contributed by atoms with Gasteiger partial charge in [0.2, 0.25) is 0 Å². The highest BCUT2D eigenvalue weighted by atomic mass is 32.2. The molecule has 2 aromatic carbocycles. The highest BCUT2D eigenvalue weighted by Gasteiger charge is 2.34. The van der Waals surface area contributed by atoms with Crippen LogP contribution in [0.15, 0.2) is 53.4 Å². The molecule has 1 heterocycles. The summed E-state index contributed by atoms with van der Waals surface area (Å²) in [6.45, 7) is 2.34. The van der Waals surface area contributed by atoms with Crippen molar-refractivity contribution in [1.82, 2.24) is 4.90 Å². The summed E-state index contributed by atoms with van der Waals surface area (Å²) in [7, 11) is 3.96. The number of carbonyl (C=O) groups is 2. The molecule has 1 fully saturated rings. The predicted molar refractivity (Wildman–Crippen MR) is 122 cm³/mol. The zero-order valence-electron chi connectivity index (χ0n) is 17.1. The molecule has 5 nitrogen and oxygen atoms in total. The van der Waals surface area contributed by atoms with Gasteiger partial charge in [-0.2, -0.15) is 0 Å². The molecule has 6 heteroatoms. The van der Waals surface area contributed by atoms with Crippen LogP contribution in [0.2, 0.25) is 0 Å². The highest BCUT2D eigenvalue weighted by molar-refractivity contribution is 8.18. The lowest BCUT2D eigenvalue weighted by Gasteiger charge is -2.14. The normalized spacial score (nSPS) is 15.3. The van der Waals surface area contributed by atoms with Gasteiger partial charge in [-0.25, -0.2) is 0 Å². The van der Waals surface area contributed by atoms with Crippen LogP contribution < -0.4 is 10.2 Å². The Labute approximate surface area is 176 Å². The Balaban J connectivity index is 1.61. The predicted octanol–water partition coefficient (Wildman–Crippen LogP) is 5.20. The van der Waals surface area contributed by atoms with E-state index in [1.165, 1.54) is 23.3 Å². The molecular weight excluding hydrogens is 382 g/mol. The minimum atomic E-state index is -0.260. The summed E-state index contributed by atoms with van der Waals surface area (Å²) in [6.07, 6.45) is 5.19. The highest BCUT2D eigenvalue weighted by Crippen LogP contribution is 2.32. The number of aryl methyl sites for hydroxylation is 1. The van der Waals surface area contributed by atoms with Gasteiger partial charge in [0.05, 0.1) is 11.6 Å². The van der Waals surface area contributed by atoms with Crippen LogP contribution in [0.25, 0.3) is 6.08 Å². The monoisotopic (exact) mass is 409 g/mol. The molecule has 0 bridgehead atoms. The van der Waals surface area contributed by atoms with E-state index in [0.717, 1.165) is 35.1 Å². The van der Waals surface area contributed by atoms with Crippen molar-refractivity contribution in [3.63, 3.8) is 0 Å². The van der Waals surface area contributed by atoms with E-state index in [9.17, 15) is 9.59 Å². The zero-order chi connectivity index (χ0) is 20.8. The fourth-order valence-corrected chi connectivity index (χ4v) is 3.84. The van der Waals surface area contributed by atoms with Gasteiger partial charge >= 0.3 is 0 Å². The smallest absolute Gasteiger partial charge is 0.295 e. The molecule has 152 valence electrons. The Bertz CT molecular complexity index is 889. The number of amides is 2. The van der Waals surface area contributed by atoms with Crippen LogP contribution in [0, 0.1) is 0 Å². The lowest BCUT2D eigenvalue weighted by molar-refractivity contribution is -0.122. The number of carbonyl (C=O) groups excluding carboxylic acids is 2. The first-order chi connectivity index (χ1) is 14.0. The Kier molecular flexibility index (Phi) is 6.99. The molecular formula is C23H27N3O2S. The molecule has 29 heavy (non-hydrogen) atoms. The molecule has 2 amide bonds. The van der Waals surface area contributed by atoms with Crippen molar-refractivity contribution in [1.29, 1.82) is 0 Å². The fraction of sp³-hybridized carbons (Fsp3) is 0.304. The van der Waals surface area contributed by atoms with Crippen LogP contribution in [0.1, 0.15) is 30.9 Å². The van der Waals surface area contributed by atoms with Gasteiger partial charge in [0.25, 0.3) is 11.1 Å². The number of unbranched alkanes of at least 4 members (excludes halogenated alkanes) is 1. The van der Waals surface area contributed by atoms with E-state index in [1.807, 2.05) is 55.4 Å². The topological polar surface area (TPSA) is 52.7 Å². The Hall–Kier alpha value is -2.73. The largest absolute Gasteiger partial charge is 0.378 e. The van der Waals surface area contributed by atoms with Gasteiger partial charge in [0.15, 0.2) is 0 Å². The Morgan fingerprint density at radius 1 is 1.03 bits per heavy atom. The van der Waals surface area contributed by atoms with Gasteiger partial charge in [-0.1, -0.05) is 37.6 Å². The average molecular weight is 410 g/mol. The number of hydrogen-bond acceptors (Lipinski definition) is 5. The number of hydrogen-bond donors (Lipinski definition) is 1. The van der Waals surface area contributed by atoms with Crippen LogP contribution in [-0.2, 0) is 11.2 Å². The van der Waals surface area contributed by atoms with Crippen molar-refractivity contribution < 1.29 is 9.59 Å². The third kappa shape index (κ3) is 5.41. The second kappa shape index (κ2) is 9.65. The SMILES string of the molecule is CCCCc1ccc(NCN2C(=O)S/C(=C\c3ccc(N(C)C)cc3)C2=O)cc1. The first-order valence-corrected chi connectivity index (χ1v) is 10.6. The number of nitrogens with one attached hydrogen (secondary N) is 1. The van der Waals surface area contributed by atoms with Crippen molar-refractivity contribution in [2.24, 2.45) is 0 Å². The summed E-state index contributed by atoms with van der Waals surface area (Å²) in [6, 6.07) is 16.0. The van der Waals surface area contributed by atoms with Gasteiger partial charge in [0.1, 0.15) is 0 Å². The van der Waals surface area contributed by atoms with E-state index < -0.39 is 0 Å². The Morgan fingerprint density at radius 3 is 2.34 bits per heavy atom. The summed E-state index contributed by atoms with van der Waals surface area (Å²) in [4.78, 5) is 28.7. The number of imide groups is 1. The number of rotatable bonds is 8. The standard InChI is InChI=1S/C23H27N3O2S/c1-4-5-6-17-7-11-19(12-8-17)24-16-26-22(27)21(29-23(26)28)15-18-9-13-20(14-10-18)25(2)3/h7-15,24H,4-6,16H2,1-3H3/b21-15-. The van der Waals surface area contributed by atoms with Gasteiger partial charge in [0, 0.05) is 25.5 Å². The summed E-state index contributed by atoms with van der Waals surface area (Å²) in [5.74, 6) is -0.260. The summed E-state index contributed by atoms with van der Waals surface area (Å²) in [5, 5.41) is 2.92. The number of thioether (sulfide) groups is 1. The van der Waals surface area contributed by atoms with Crippen molar-refractivity contribution in [3.05, 3.63) is 64.6 Å². The summed E-state index contributed by atoms with van der Waals surface area (Å²) >= 11 is 0.982. The van der Waals surface area contributed by atoms with Gasteiger partial charge in [-0.3, -0.25) is 14.5 Å². The minimum absolute atomic E-state index is 0.163. The molecule has 1 aliphatic heterocycles. The van der Waals surface area contributed by atoms with Crippen molar-refractivity contribution in [3.8, 4) is 0 Å². The molecule has 0 spiro atoms. The third-order valence-corrected chi connectivity index (χ3v) is 5.70. The minimum Gasteiger partial charge on any atom is -0.378 e. The molecule has 0 aromatic heterocycles. The average Bonchev–Trinajstić information content (AvgIpc) is 2.98. The van der Waals surface area contributed by atoms with E-state index in [2.05, 4.69) is 24.4 Å². The number of benzene rings is 2. The molecule has 1 aliphatic rings. The summed E-state index contributed by atoms with van der Waals surface area (Å²) < 4.78 is 0. The second-order valence-electron chi connectivity index (χ2n) is 7.23. The van der Waals surface area contributed by atoms with E-state index in [4.69, 9.17) is 0 Å². The molecule has 0 saturated carbocycles. The fourth-order valence-electron chi connectivity index (χ4n) is 3.00. The Morgan fingerprint density at radius 2 is 1.72 bits per heavy atom. The maximum atomic E-state index is 12.7. The molecule has 0 atom stereocenters. The lowest BCUT2D eigenvalue weighted by atomic mass is 10.1. The maximum Gasteiger partial charge on any atom is 0.295 e. The number of nitrogens with zero attached hydrogens (tertiary/aromatic N) is 2. The number of anilines is 2. The maximum absolute atomic E-state index is 12.7. The van der Waals surface area contributed by atoms with Crippen LogP contribution in [0.5, 0.6) is 0 Å². The molecule has 1 saturated heterocycles. The van der Waals surface area contributed by atoms with E-state index in [0.29, 0.717) is 4.91 Å². The van der Waals surface area contributed by atoms with Crippen LogP contribution in [-0.4, -0.2) is 36.8 Å². The molecule has 2 aromatic rings. The van der Waals surface area contributed by atoms with E-state index >= 15 is 0 Å². The molecule has 3 rings (SSSR count). The van der Waals surface area contributed by atoms with Crippen LogP contribution in [0.4, 0.5) is 16.2 Å². The van der Waals surface area contributed by atoms with E-state index in [-0.39, 0.29) is 17.8 Å². The van der Waals surface area contributed by atoms with E-state index in [1.54, 1.807) is 6.08 Å². The molecule has 0 radical (unpaired) electrons. The van der Waals surface area contributed by atoms with Crippen molar-refractivity contribution >= 4 is 40.4 Å².